The first-order chi connectivity index (χ1) is 7.29. The van der Waals surface area contributed by atoms with Gasteiger partial charge in [0.05, 0.1) is 0 Å². The summed E-state index contributed by atoms with van der Waals surface area (Å²) in [5.41, 5.74) is 1.36. The van der Waals surface area contributed by atoms with Crippen molar-refractivity contribution in [2.24, 2.45) is 5.92 Å². The van der Waals surface area contributed by atoms with E-state index in [0.717, 1.165) is 0 Å². The molecule has 0 bridgehead atoms. The van der Waals surface area contributed by atoms with E-state index in [2.05, 4.69) is 57.1 Å². The Morgan fingerprint density at radius 3 is 2.47 bits per heavy atom. The summed E-state index contributed by atoms with van der Waals surface area (Å²) in [6.45, 7) is 3.49. The molecule has 1 nitrogen and oxygen atoms in total. The fourth-order valence-corrected chi connectivity index (χ4v) is 2.74. The SMILES string of the molecule is CC(C1C=CC=CC=C1)N1CCCC1=P. The molecule has 1 saturated heterocycles. The maximum absolute atomic E-state index is 3.72. The highest BCUT2D eigenvalue weighted by atomic mass is 31.0. The molecule has 0 saturated carbocycles. The average molecular weight is 219 g/mol. The second-order valence-corrected chi connectivity index (χ2v) is 4.79. The van der Waals surface area contributed by atoms with Gasteiger partial charge in [0.15, 0.2) is 0 Å². The van der Waals surface area contributed by atoms with Gasteiger partial charge in [0.25, 0.3) is 0 Å². The van der Waals surface area contributed by atoms with Crippen LogP contribution in [0.5, 0.6) is 0 Å². The van der Waals surface area contributed by atoms with Crippen LogP contribution in [0.3, 0.4) is 0 Å². The van der Waals surface area contributed by atoms with Crippen molar-refractivity contribution in [2.75, 3.05) is 6.54 Å². The van der Waals surface area contributed by atoms with Gasteiger partial charge >= 0.3 is 0 Å². The third-order valence-electron chi connectivity index (χ3n) is 3.21. The van der Waals surface area contributed by atoms with Crippen LogP contribution in [0.25, 0.3) is 0 Å². The zero-order chi connectivity index (χ0) is 10.7. The highest BCUT2D eigenvalue weighted by Crippen LogP contribution is 2.23. The Balaban J connectivity index is 2.06. The van der Waals surface area contributed by atoms with Crippen molar-refractivity contribution >= 4 is 14.3 Å². The van der Waals surface area contributed by atoms with Crippen molar-refractivity contribution in [3.05, 3.63) is 36.5 Å². The first-order valence-electron chi connectivity index (χ1n) is 5.65. The van der Waals surface area contributed by atoms with Crippen LogP contribution in [0.2, 0.25) is 0 Å². The van der Waals surface area contributed by atoms with E-state index in [0.29, 0.717) is 12.0 Å². The van der Waals surface area contributed by atoms with Crippen molar-refractivity contribution in [2.45, 2.75) is 25.8 Å². The molecule has 1 aliphatic heterocycles. The Bertz CT molecular complexity index is 311. The molecule has 1 heterocycles. The lowest BCUT2D eigenvalue weighted by Gasteiger charge is -2.28. The lowest BCUT2D eigenvalue weighted by atomic mass is 9.99. The van der Waals surface area contributed by atoms with Crippen molar-refractivity contribution in [3.63, 3.8) is 0 Å². The van der Waals surface area contributed by atoms with Crippen LogP contribution in [-0.2, 0) is 0 Å². The van der Waals surface area contributed by atoms with E-state index >= 15 is 0 Å². The summed E-state index contributed by atoms with van der Waals surface area (Å²) in [6.07, 6.45) is 15.5. The van der Waals surface area contributed by atoms with Crippen LogP contribution in [0.1, 0.15) is 19.8 Å². The van der Waals surface area contributed by atoms with Crippen molar-refractivity contribution in [1.82, 2.24) is 4.90 Å². The van der Waals surface area contributed by atoms with Crippen LogP contribution in [0, 0.1) is 5.92 Å². The summed E-state index contributed by atoms with van der Waals surface area (Å²) in [4.78, 5) is 2.47. The zero-order valence-electron chi connectivity index (χ0n) is 9.19. The summed E-state index contributed by atoms with van der Waals surface area (Å²) in [5.74, 6) is 0.518. The quantitative estimate of drug-likeness (QED) is 0.645. The average Bonchev–Trinajstić information content (AvgIpc) is 2.53. The van der Waals surface area contributed by atoms with E-state index in [-0.39, 0.29) is 0 Å². The molecule has 0 aromatic heterocycles. The van der Waals surface area contributed by atoms with E-state index in [1.807, 2.05) is 0 Å². The Labute approximate surface area is 94.4 Å². The number of nitrogens with zero attached hydrogens (tertiary/aromatic N) is 1. The maximum Gasteiger partial charge on any atom is 0.0213 e. The van der Waals surface area contributed by atoms with Gasteiger partial charge in [0.2, 0.25) is 0 Å². The largest absolute Gasteiger partial charge is 0.271 e. The van der Waals surface area contributed by atoms with Crippen LogP contribution in [0.15, 0.2) is 36.5 Å². The Morgan fingerprint density at radius 2 is 1.93 bits per heavy atom. The predicted octanol–water partition coefficient (Wildman–Crippen LogP) is 3.04. The topological polar surface area (TPSA) is 3.24 Å². The normalized spacial score (nSPS) is 24.7. The Kier molecular flexibility index (Phi) is 3.56. The van der Waals surface area contributed by atoms with Gasteiger partial charge in [0, 0.05) is 23.9 Å². The number of hydrogen-bond donors (Lipinski definition) is 0. The van der Waals surface area contributed by atoms with Gasteiger partial charge in [-0.2, -0.15) is 0 Å². The minimum absolute atomic E-state index is 0.518. The monoisotopic (exact) mass is 219 g/mol. The maximum atomic E-state index is 3.72. The Morgan fingerprint density at radius 1 is 1.27 bits per heavy atom. The third-order valence-corrected chi connectivity index (χ3v) is 3.75. The fraction of sp³-hybridized carbons (Fsp3) is 0.462. The van der Waals surface area contributed by atoms with Crippen molar-refractivity contribution in [1.29, 1.82) is 0 Å². The molecular weight excluding hydrogens is 201 g/mol. The van der Waals surface area contributed by atoms with Crippen molar-refractivity contribution in [3.8, 4) is 0 Å². The van der Waals surface area contributed by atoms with Crippen LogP contribution >= 0.6 is 8.86 Å². The van der Waals surface area contributed by atoms with Crippen LogP contribution in [0.4, 0.5) is 0 Å². The smallest absolute Gasteiger partial charge is 0.0213 e. The number of likely N-dealkylation sites (tertiary alicyclic amines) is 1. The van der Waals surface area contributed by atoms with Crippen molar-refractivity contribution < 1.29 is 0 Å². The molecule has 2 rings (SSSR count). The van der Waals surface area contributed by atoms with Gasteiger partial charge in [-0.25, -0.2) is 0 Å². The minimum atomic E-state index is 0.518. The van der Waals surface area contributed by atoms with Gasteiger partial charge < -0.3 is 0 Å². The molecule has 0 aromatic carbocycles. The molecule has 80 valence electrons. The molecule has 1 aliphatic carbocycles. The number of allylic oxidation sites excluding steroid dienone is 4. The molecule has 0 aromatic rings. The van der Waals surface area contributed by atoms with E-state index in [1.165, 1.54) is 24.8 Å². The third kappa shape index (κ3) is 2.48. The second-order valence-electron chi connectivity index (χ2n) is 4.22. The zero-order valence-corrected chi connectivity index (χ0v) is 10.2. The first kappa shape index (κ1) is 10.9. The predicted molar refractivity (Wildman–Crippen MR) is 69.6 cm³/mol. The van der Waals surface area contributed by atoms with Crippen LogP contribution < -0.4 is 0 Å². The Hall–Kier alpha value is -0.650. The number of hydrogen-bond acceptors (Lipinski definition) is 0. The molecule has 1 fully saturated rings. The molecular formula is C13H18NP. The second kappa shape index (κ2) is 4.92. The summed E-state index contributed by atoms with van der Waals surface area (Å²) in [6, 6.07) is 0.549. The summed E-state index contributed by atoms with van der Waals surface area (Å²) in [7, 11) is 3.72. The lowest BCUT2D eigenvalue weighted by molar-refractivity contribution is 0.323. The van der Waals surface area contributed by atoms with Gasteiger partial charge in [0.1, 0.15) is 0 Å². The lowest BCUT2D eigenvalue weighted by Crippen LogP contribution is -2.37. The summed E-state index contributed by atoms with van der Waals surface area (Å²) >= 11 is 0. The fourth-order valence-electron chi connectivity index (χ4n) is 2.25. The molecule has 0 radical (unpaired) electrons. The van der Waals surface area contributed by atoms with E-state index in [1.54, 1.807) is 0 Å². The molecule has 15 heavy (non-hydrogen) atoms. The van der Waals surface area contributed by atoms with Gasteiger partial charge in [-0.15, -0.1) is 8.86 Å². The minimum Gasteiger partial charge on any atom is -0.271 e. The number of rotatable bonds is 2. The van der Waals surface area contributed by atoms with Gasteiger partial charge in [-0.05, 0) is 19.8 Å². The molecule has 0 N–H and O–H groups in total. The van der Waals surface area contributed by atoms with E-state index in [9.17, 15) is 0 Å². The van der Waals surface area contributed by atoms with Crippen LogP contribution in [-0.4, -0.2) is 22.9 Å². The standard InChI is InChI=1S/C13H18NP/c1-11(14-10-6-9-13(14)15)12-7-4-2-3-5-8-12/h2-5,7-8,11-12,15H,6,9-10H2,1H3. The highest BCUT2D eigenvalue weighted by molar-refractivity contribution is 7.20. The molecule has 1 atom stereocenters. The molecule has 0 spiro atoms. The molecule has 1 unspecified atom stereocenters. The highest BCUT2D eigenvalue weighted by Gasteiger charge is 2.25. The van der Waals surface area contributed by atoms with E-state index in [4.69, 9.17) is 0 Å². The molecule has 2 aliphatic rings. The molecule has 2 heteroatoms. The summed E-state index contributed by atoms with van der Waals surface area (Å²) in [5, 5.41) is 0. The molecule has 0 amide bonds. The summed E-state index contributed by atoms with van der Waals surface area (Å²) < 4.78 is 0. The van der Waals surface area contributed by atoms with Gasteiger partial charge in [-0.1, -0.05) is 36.5 Å². The van der Waals surface area contributed by atoms with E-state index < -0.39 is 0 Å². The van der Waals surface area contributed by atoms with Gasteiger partial charge in [-0.3, -0.25) is 4.90 Å². The first-order valence-corrected chi connectivity index (χ1v) is 6.15.